The zero-order valence-corrected chi connectivity index (χ0v) is 14.9. The summed E-state index contributed by atoms with van der Waals surface area (Å²) in [6, 6.07) is 15.3. The van der Waals surface area contributed by atoms with Crippen molar-refractivity contribution >= 4 is 43.6 Å². The first-order valence-corrected chi connectivity index (χ1v) is 8.96. The lowest BCUT2D eigenvalue weighted by molar-refractivity contribution is 0.0971. The van der Waals surface area contributed by atoms with Crippen LogP contribution in [-0.2, 0) is 4.74 Å². The molecule has 1 amide bonds. The van der Waals surface area contributed by atoms with Crippen LogP contribution in [0, 0.1) is 0 Å². The molecule has 0 saturated carbocycles. The van der Waals surface area contributed by atoms with Gasteiger partial charge in [0.2, 0.25) is 0 Å². The van der Waals surface area contributed by atoms with Gasteiger partial charge in [-0.05, 0) is 24.3 Å². The molecule has 2 aromatic heterocycles. The van der Waals surface area contributed by atoms with Crippen LogP contribution >= 0.6 is 11.3 Å². The van der Waals surface area contributed by atoms with Gasteiger partial charge in [-0.2, -0.15) is 0 Å². The summed E-state index contributed by atoms with van der Waals surface area (Å²) in [5.74, 6) is -0.237. The highest BCUT2D eigenvalue weighted by atomic mass is 32.1. The van der Waals surface area contributed by atoms with Crippen LogP contribution in [0.15, 0.2) is 54.7 Å². The van der Waals surface area contributed by atoms with Crippen molar-refractivity contribution in [2.24, 2.45) is 0 Å². The molecule has 130 valence electrons. The van der Waals surface area contributed by atoms with Crippen LogP contribution in [0.1, 0.15) is 10.5 Å². The number of carbonyl (C=O) groups is 1. The topological polar surface area (TPSA) is 68.2 Å². The molecular formula is C19H16N4O2S. The van der Waals surface area contributed by atoms with Crippen LogP contribution in [0.5, 0.6) is 0 Å². The highest BCUT2D eigenvalue weighted by molar-refractivity contribution is 7.22. The fourth-order valence-corrected chi connectivity index (χ4v) is 3.63. The number of hydrogen-bond acceptors (Lipinski definition) is 6. The molecule has 0 spiro atoms. The Morgan fingerprint density at radius 2 is 1.77 bits per heavy atom. The van der Waals surface area contributed by atoms with Gasteiger partial charge in [0, 0.05) is 7.11 Å². The number of fused-ring (bicyclic) bond motifs is 2. The van der Waals surface area contributed by atoms with E-state index < -0.39 is 0 Å². The van der Waals surface area contributed by atoms with Gasteiger partial charge in [0.15, 0.2) is 5.13 Å². The lowest BCUT2D eigenvalue weighted by Crippen LogP contribution is -2.34. The van der Waals surface area contributed by atoms with Gasteiger partial charge >= 0.3 is 0 Å². The van der Waals surface area contributed by atoms with Crippen molar-refractivity contribution in [2.45, 2.75) is 0 Å². The monoisotopic (exact) mass is 364 g/mol. The summed E-state index contributed by atoms with van der Waals surface area (Å²) in [5.41, 5.74) is 2.60. The minimum absolute atomic E-state index is 0.237. The van der Waals surface area contributed by atoms with Gasteiger partial charge in [-0.15, -0.1) is 0 Å². The Balaban J connectivity index is 1.73. The zero-order chi connectivity index (χ0) is 17.9. The highest BCUT2D eigenvalue weighted by Gasteiger charge is 2.22. The molecule has 2 heterocycles. The molecular weight excluding hydrogens is 348 g/mol. The van der Waals surface area contributed by atoms with Crippen LogP contribution in [-0.4, -0.2) is 41.1 Å². The van der Waals surface area contributed by atoms with Crippen LogP contribution < -0.4 is 4.90 Å². The van der Waals surface area contributed by atoms with E-state index in [-0.39, 0.29) is 5.91 Å². The number of nitrogens with zero attached hydrogens (tertiary/aromatic N) is 4. The average Bonchev–Trinajstić information content (AvgIpc) is 3.11. The van der Waals surface area contributed by atoms with Gasteiger partial charge < -0.3 is 4.74 Å². The number of amides is 1. The first kappa shape index (κ1) is 16.6. The van der Waals surface area contributed by atoms with Gasteiger partial charge in [0.25, 0.3) is 5.91 Å². The van der Waals surface area contributed by atoms with Crippen molar-refractivity contribution in [1.29, 1.82) is 0 Å². The van der Waals surface area contributed by atoms with E-state index >= 15 is 0 Å². The Morgan fingerprint density at radius 3 is 2.54 bits per heavy atom. The standard InChI is InChI=1S/C19H16N4O2S/c1-25-11-10-23(19-22-15-8-4-5-9-17(15)26-19)18(24)16-12-20-13-6-2-3-7-14(13)21-16/h2-9,12H,10-11H2,1H3. The molecule has 0 unspecified atom stereocenters. The number of carbonyl (C=O) groups excluding carboxylic acids is 1. The maximum absolute atomic E-state index is 13.1. The quantitative estimate of drug-likeness (QED) is 0.542. The smallest absolute Gasteiger partial charge is 0.280 e. The fourth-order valence-electron chi connectivity index (χ4n) is 2.64. The fraction of sp³-hybridized carbons (Fsp3) is 0.158. The average molecular weight is 364 g/mol. The normalized spacial score (nSPS) is 11.1. The zero-order valence-electron chi connectivity index (χ0n) is 14.1. The molecule has 4 aromatic rings. The Bertz CT molecular complexity index is 1050. The maximum Gasteiger partial charge on any atom is 0.280 e. The van der Waals surface area contributed by atoms with E-state index in [1.54, 1.807) is 12.0 Å². The second-order valence-electron chi connectivity index (χ2n) is 5.66. The van der Waals surface area contributed by atoms with E-state index in [0.717, 1.165) is 15.7 Å². The number of thiazole rings is 1. The van der Waals surface area contributed by atoms with Gasteiger partial charge in [-0.25, -0.2) is 9.97 Å². The number of methoxy groups -OCH3 is 1. The molecule has 7 heteroatoms. The molecule has 2 aromatic carbocycles. The first-order valence-electron chi connectivity index (χ1n) is 8.14. The molecule has 6 nitrogen and oxygen atoms in total. The minimum Gasteiger partial charge on any atom is -0.383 e. The summed E-state index contributed by atoms with van der Waals surface area (Å²) in [7, 11) is 1.61. The summed E-state index contributed by atoms with van der Waals surface area (Å²) < 4.78 is 6.20. The number of para-hydroxylation sites is 3. The largest absolute Gasteiger partial charge is 0.383 e. The highest BCUT2D eigenvalue weighted by Crippen LogP contribution is 2.29. The number of anilines is 1. The van der Waals surface area contributed by atoms with Crippen molar-refractivity contribution in [2.75, 3.05) is 25.2 Å². The summed E-state index contributed by atoms with van der Waals surface area (Å²) in [5, 5.41) is 0.628. The molecule has 0 bridgehead atoms. The summed E-state index contributed by atoms with van der Waals surface area (Å²) in [6.45, 7) is 0.798. The van der Waals surface area contributed by atoms with Gasteiger partial charge in [-0.1, -0.05) is 35.6 Å². The molecule has 26 heavy (non-hydrogen) atoms. The predicted molar refractivity (Wildman–Crippen MR) is 103 cm³/mol. The van der Waals surface area contributed by atoms with E-state index in [9.17, 15) is 4.79 Å². The van der Waals surface area contributed by atoms with E-state index in [1.165, 1.54) is 17.5 Å². The third-order valence-corrected chi connectivity index (χ3v) is 5.00. The van der Waals surface area contributed by atoms with Crippen molar-refractivity contribution in [3.63, 3.8) is 0 Å². The minimum atomic E-state index is -0.237. The third kappa shape index (κ3) is 3.14. The maximum atomic E-state index is 13.1. The number of rotatable bonds is 5. The summed E-state index contributed by atoms with van der Waals surface area (Å²) >= 11 is 1.47. The van der Waals surface area contributed by atoms with Crippen molar-refractivity contribution in [3.05, 3.63) is 60.4 Å². The van der Waals surface area contributed by atoms with Crippen LogP contribution in [0.3, 0.4) is 0 Å². The lowest BCUT2D eigenvalue weighted by Gasteiger charge is -2.18. The molecule has 0 radical (unpaired) electrons. The number of aromatic nitrogens is 3. The Morgan fingerprint density at radius 1 is 1.04 bits per heavy atom. The SMILES string of the molecule is COCCN(C(=O)c1cnc2ccccc2n1)c1nc2ccccc2s1. The van der Waals surface area contributed by atoms with Crippen molar-refractivity contribution in [3.8, 4) is 0 Å². The summed E-state index contributed by atoms with van der Waals surface area (Å²) in [6.07, 6.45) is 1.51. The van der Waals surface area contributed by atoms with Gasteiger partial charge in [-0.3, -0.25) is 14.7 Å². The summed E-state index contributed by atoms with van der Waals surface area (Å²) in [4.78, 5) is 28.1. The number of benzene rings is 2. The van der Waals surface area contributed by atoms with Crippen molar-refractivity contribution < 1.29 is 9.53 Å². The molecule has 0 aliphatic heterocycles. The van der Waals surface area contributed by atoms with Crippen molar-refractivity contribution in [1.82, 2.24) is 15.0 Å². The lowest BCUT2D eigenvalue weighted by atomic mass is 10.3. The van der Waals surface area contributed by atoms with Crippen LogP contribution in [0.2, 0.25) is 0 Å². The molecule has 0 aliphatic carbocycles. The Kier molecular flexibility index (Phi) is 4.55. The second-order valence-corrected chi connectivity index (χ2v) is 6.67. The third-order valence-electron chi connectivity index (χ3n) is 3.95. The molecule has 0 N–H and O–H groups in total. The predicted octanol–water partition coefficient (Wildman–Crippen LogP) is 3.53. The number of hydrogen-bond donors (Lipinski definition) is 0. The second kappa shape index (κ2) is 7.15. The molecule has 0 atom stereocenters. The molecule has 0 aliphatic rings. The molecule has 0 saturated heterocycles. The van der Waals surface area contributed by atoms with E-state index in [1.807, 2.05) is 48.5 Å². The Hall–Kier alpha value is -2.90. The van der Waals surface area contributed by atoms with E-state index in [2.05, 4.69) is 15.0 Å². The Labute approximate surface area is 154 Å². The first-order chi connectivity index (χ1) is 12.8. The molecule has 0 fully saturated rings. The van der Waals surface area contributed by atoms with Crippen LogP contribution in [0.25, 0.3) is 21.3 Å². The molecule has 4 rings (SSSR count). The van der Waals surface area contributed by atoms with E-state index in [0.29, 0.717) is 29.5 Å². The van der Waals surface area contributed by atoms with Crippen LogP contribution in [0.4, 0.5) is 5.13 Å². The van der Waals surface area contributed by atoms with Gasteiger partial charge in [0.05, 0.1) is 40.6 Å². The van der Waals surface area contributed by atoms with Gasteiger partial charge in [0.1, 0.15) is 5.69 Å². The number of ether oxygens (including phenoxy) is 1. The van der Waals surface area contributed by atoms with E-state index in [4.69, 9.17) is 4.74 Å².